The molecule has 2 unspecified atom stereocenters. The van der Waals surface area contributed by atoms with Crippen molar-refractivity contribution in [1.29, 1.82) is 0 Å². The van der Waals surface area contributed by atoms with Gasteiger partial charge in [0.2, 0.25) is 5.91 Å². The summed E-state index contributed by atoms with van der Waals surface area (Å²) in [4.78, 5) is 14.3. The minimum Gasteiger partial charge on any atom is -0.392 e. The van der Waals surface area contributed by atoms with Crippen LogP contribution >= 0.6 is 0 Å². The Labute approximate surface area is 127 Å². The van der Waals surface area contributed by atoms with Gasteiger partial charge in [-0.2, -0.15) is 0 Å². The highest BCUT2D eigenvalue weighted by atomic mass is 16.3. The number of rotatable bonds is 5. The first-order chi connectivity index (χ1) is 10.1. The van der Waals surface area contributed by atoms with Crippen LogP contribution in [0, 0.1) is 6.92 Å². The molecule has 1 aliphatic rings. The summed E-state index contributed by atoms with van der Waals surface area (Å²) in [5.74, 6) is -0.00550. The van der Waals surface area contributed by atoms with Crippen molar-refractivity contribution in [2.24, 2.45) is 0 Å². The Balaban J connectivity index is 1.92. The Morgan fingerprint density at radius 3 is 2.76 bits per heavy atom. The highest BCUT2D eigenvalue weighted by molar-refractivity contribution is 5.92. The number of nitrogens with one attached hydrogen (secondary N) is 1. The van der Waals surface area contributed by atoms with E-state index >= 15 is 0 Å². The van der Waals surface area contributed by atoms with E-state index in [2.05, 4.69) is 10.2 Å². The molecule has 1 aromatic carbocycles. The number of hydrogen-bond donors (Lipinski definition) is 2. The number of anilines is 1. The molecule has 1 fully saturated rings. The maximum absolute atomic E-state index is 12.2. The summed E-state index contributed by atoms with van der Waals surface area (Å²) in [7, 11) is 0. The van der Waals surface area contributed by atoms with Gasteiger partial charge in [0.25, 0.3) is 0 Å². The maximum atomic E-state index is 12.2. The van der Waals surface area contributed by atoms with E-state index in [9.17, 15) is 9.90 Å². The number of amides is 1. The second-order valence-electron chi connectivity index (χ2n) is 5.92. The molecule has 0 spiro atoms. The van der Waals surface area contributed by atoms with Gasteiger partial charge < -0.3 is 10.4 Å². The molecule has 116 valence electrons. The summed E-state index contributed by atoms with van der Waals surface area (Å²) in [6.07, 6.45) is 3.62. The van der Waals surface area contributed by atoms with Crippen LogP contribution in [0.15, 0.2) is 24.3 Å². The predicted molar refractivity (Wildman–Crippen MR) is 85.3 cm³/mol. The van der Waals surface area contributed by atoms with Crippen LogP contribution in [0.5, 0.6) is 0 Å². The molecule has 0 aromatic heterocycles. The number of aryl methyl sites for hydroxylation is 1. The average Bonchev–Trinajstić information content (AvgIpc) is 2.49. The Morgan fingerprint density at radius 2 is 2.10 bits per heavy atom. The fourth-order valence-corrected chi connectivity index (χ4v) is 2.94. The number of likely N-dealkylation sites (tertiary alicyclic amines) is 1. The van der Waals surface area contributed by atoms with E-state index in [1.165, 1.54) is 5.56 Å². The van der Waals surface area contributed by atoms with Crippen molar-refractivity contribution in [2.75, 3.05) is 18.4 Å². The number of aliphatic hydroxyl groups is 1. The predicted octanol–water partition coefficient (Wildman–Crippen LogP) is 2.56. The zero-order chi connectivity index (χ0) is 15.2. The molecule has 0 saturated carbocycles. The van der Waals surface area contributed by atoms with Crippen molar-refractivity contribution < 1.29 is 9.90 Å². The van der Waals surface area contributed by atoms with Crippen LogP contribution in [-0.4, -0.2) is 41.1 Å². The Morgan fingerprint density at radius 1 is 1.38 bits per heavy atom. The fourth-order valence-electron chi connectivity index (χ4n) is 2.94. The summed E-state index contributed by atoms with van der Waals surface area (Å²) >= 11 is 0. The number of aliphatic hydroxyl groups excluding tert-OH is 1. The molecular formula is C17H26N2O2. The highest BCUT2D eigenvalue weighted by Crippen LogP contribution is 2.21. The standard InChI is InChI=1S/C17H26N2O2/c1-3-16(20)15-6-4-5-11-19(15)12-17(21)18-14-9-7-13(2)8-10-14/h7-10,15-16,20H,3-6,11-12H2,1-2H3,(H,18,21). The van der Waals surface area contributed by atoms with Crippen LogP contribution in [0.4, 0.5) is 5.69 Å². The second-order valence-corrected chi connectivity index (χ2v) is 5.92. The van der Waals surface area contributed by atoms with Crippen LogP contribution in [0.1, 0.15) is 38.2 Å². The average molecular weight is 290 g/mol. The lowest BCUT2D eigenvalue weighted by Crippen LogP contribution is -2.49. The third-order valence-corrected chi connectivity index (χ3v) is 4.21. The van der Waals surface area contributed by atoms with Gasteiger partial charge in [-0.1, -0.05) is 31.0 Å². The van der Waals surface area contributed by atoms with E-state index < -0.39 is 0 Å². The lowest BCUT2D eigenvalue weighted by molar-refractivity contribution is -0.119. The van der Waals surface area contributed by atoms with Gasteiger partial charge in [-0.25, -0.2) is 0 Å². The van der Waals surface area contributed by atoms with Gasteiger partial charge >= 0.3 is 0 Å². The normalized spacial score (nSPS) is 21.0. The second kappa shape index (κ2) is 7.57. The van der Waals surface area contributed by atoms with E-state index in [1.807, 2.05) is 38.1 Å². The number of benzene rings is 1. The lowest BCUT2D eigenvalue weighted by Gasteiger charge is -2.37. The van der Waals surface area contributed by atoms with Crippen LogP contribution in [-0.2, 0) is 4.79 Å². The van der Waals surface area contributed by atoms with Crippen LogP contribution in [0.25, 0.3) is 0 Å². The van der Waals surface area contributed by atoms with Crippen LogP contribution in [0.3, 0.4) is 0 Å². The lowest BCUT2D eigenvalue weighted by atomic mass is 9.96. The molecular weight excluding hydrogens is 264 g/mol. The molecule has 1 amide bonds. The number of piperidine rings is 1. The van der Waals surface area contributed by atoms with Gasteiger partial charge in [-0.3, -0.25) is 9.69 Å². The van der Waals surface area contributed by atoms with E-state index in [4.69, 9.17) is 0 Å². The highest BCUT2D eigenvalue weighted by Gasteiger charge is 2.28. The van der Waals surface area contributed by atoms with E-state index in [1.54, 1.807) is 0 Å². The summed E-state index contributed by atoms with van der Waals surface area (Å²) in [6.45, 7) is 5.26. The molecule has 2 atom stereocenters. The maximum Gasteiger partial charge on any atom is 0.238 e. The topological polar surface area (TPSA) is 52.6 Å². The van der Waals surface area contributed by atoms with Crippen molar-refractivity contribution >= 4 is 11.6 Å². The molecule has 4 nitrogen and oxygen atoms in total. The molecule has 1 heterocycles. The number of carbonyl (C=O) groups excluding carboxylic acids is 1. The van der Waals surface area contributed by atoms with Crippen molar-refractivity contribution in [2.45, 2.75) is 51.7 Å². The van der Waals surface area contributed by atoms with Crippen molar-refractivity contribution in [3.05, 3.63) is 29.8 Å². The fraction of sp³-hybridized carbons (Fsp3) is 0.588. The van der Waals surface area contributed by atoms with Gasteiger partial charge in [-0.05, 0) is 44.9 Å². The Bertz CT molecular complexity index is 458. The Kier molecular flexibility index (Phi) is 5.76. The molecule has 0 aliphatic carbocycles. The van der Waals surface area contributed by atoms with Crippen molar-refractivity contribution in [1.82, 2.24) is 4.90 Å². The Hall–Kier alpha value is -1.39. The van der Waals surface area contributed by atoms with E-state index in [0.717, 1.165) is 37.9 Å². The van der Waals surface area contributed by atoms with Crippen molar-refractivity contribution in [3.63, 3.8) is 0 Å². The monoisotopic (exact) mass is 290 g/mol. The third-order valence-electron chi connectivity index (χ3n) is 4.21. The molecule has 0 radical (unpaired) electrons. The van der Waals surface area contributed by atoms with E-state index in [0.29, 0.717) is 6.54 Å². The zero-order valence-corrected chi connectivity index (χ0v) is 13.0. The van der Waals surface area contributed by atoms with Gasteiger partial charge in [0.1, 0.15) is 0 Å². The minimum atomic E-state index is -0.336. The van der Waals surface area contributed by atoms with Gasteiger partial charge in [-0.15, -0.1) is 0 Å². The summed E-state index contributed by atoms with van der Waals surface area (Å²) in [5.41, 5.74) is 2.00. The number of hydrogen-bond acceptors (Lipinski definition) is 3. The molecule has 1 aromatic rings. The first kappa shape index (κ1) is 16.0. The van der Waals surface area contributed by atoms with Crippen LogP contribution in [0.2, 0.25) is 0 Å². The third kappa shape index (κ3) is 4.55. The van der Waals surface area contributed by atoms with Crippen LogP contribution < -0.4 is 5.32 Å². The number of carbonyl (C=O) groups is 1. The largest absolute Gasteiger partial charge is 0.392 e. The summed E-state index contributed by atoms with van der Waals surface area (Å²) in [5, 5.41) is 13.0. The first-order valence-corrected chi connectivity index (χ1v) is 7.88. The number of nitrogens with zero attached hydrogens (tertiary/aromatic N) is 1. The van der Waals surface area contributed by atoms with Gasteiger partial charge in [0.15, 0.2) is 0 Å². The SMILES string of the molecule is CCC(O)C1CCCCN1CC(=O)Nc1ccc(C)cc1. The summed E-state index contributed by atoms with van der Waals surface area (Å²) < 4.78 is 0. The van der Waals surface area contributed by atoms with Crippen molar-refractivity contribution in [3.8, 4) is 0 Å². The molecule has 0 bridgehead atoms. The van der Waals surface area contributed by atoms with Gasteiger partial charge in [0.05, 0.1) is 12.6 Å². The quantitative estimate of drug-likeness (QED) is 0.876. The zero-order valence-electron chi connectivity index (χ0n) is 13.0. The molecule has 21 heavy (non-hydrogen) atoms. The smallest absolute Gasteiger partial charge is 0.238 e. The molecule has 1 saturated heterocycles. The minimum absolute atomic E-state index is 0.00550. The molecule has 1 aliphatic heterocycles. The molecule has 4 heteroatoms. The summed E-state index contributed by atoms with van der Waals surface area (Å²) in [6, 6.07) is 7.93. The molecule has 2 N–H and O–H groups in total. The first-order valence-electron chi connectivity index (χ1n) is 7.88. The van der Waals surface area contributed by atoms with Gasteiger partial charge in [0, 0.05) is 11.7 Å². The van der Waals surface area contributed by atoms with E-state index in [-0.39, 0.29) is 18.1 Å². The molecule has 2 rings (SSSR count).